The number of nitrogens with two attached hydrogens (primary N) is 1. The molecule has 0 bridgehead atoms. The lowest BCUT2D eigenvalue weighted by Gasteiger charge is -2.19. The van der Waals surface area contributed by atoms with Crippen molar-refractivity contribution in [3.63, 3.8) is 0 Å². The summed E-state index contributed by atoms with van der Waals surface area (Å²) >= 11 is 0. The van der Waals surface area contributed by atoms with Gasteiger partial charge in [-0.3, -0.25) is 4.21 Å². The molecule has 1 aromatic carbocycles. The molecule has 0 aliphatic heterocycles. The number of rotatable bonds is 4. The molecule has 0 aliphatic rings. The van der Waals surface area contributed by atoms with Gasteiger partial charge in [0.1, 0.15) is 5.82 Å². The molecule has 0 saturated heterocycles. The summed E-state index contributed by atoms with van der Waals surface area (Å²) in [4.78, 5) is 0.178. The largest absolute Gasteiger partial charge is 0.399 e. The van der Waals surface area contributed by atoms with Gasteiger partial charge in [-0.1, -0.05) is 0 Å². The third-order valence-electron chi connectivity index (χ3n) is 2.01. The first kappa shape index (κ1) is 14.1. The standard InChI is InChI=1S/C12H18FNO2S/c1-12(2,3)16-6-7-17(15)11-5-4-9(14)8-10(11)13/h4-5,8H,6-7,14H2,1-3H3. The highest BCUT2D eigenvalue weighted by Crippen LogP contribution is 2.16. The van der Waals surface area contributed by atoms with E-state index >= 15 is 0 Å². The molecule has 0 aliphatic carbocycles. The van der Waals surface area contributed by atoms with Crippen molar-refractivity contribution in [2.24, 2.45) is 0 Å². The second kappa shape index (κ2) is 5.60. The Bertz CT molecular complexity index is 415. The van der Waals surface area contributed by atoms with Gasteiger partial charge in [-0.05, 0) is 39.0 Å². The van der Waals surface area contributed by atoms with Crippen LogP contribution in [0.3, 0.4) is 0 Å². The van der Waals surface area contributed by atoms with E-state index in [-0.39, 0.29) is 16.2 Å². The van der Waals surface area contributed by atoms with Crippen LogP contribution in [0.1, 0.15) is 20.8 Å². The normalized spacial score (nSPS) is 13.6. The number of nitrogen functional groups attached to an aromatic ring is 1. The molecule has 1 aromatic rings. The Labute approximate surface area is 104 Å². The average Bonchev–Trinajstić information content (AvgIpc) is 2.15. The lowest BCUT2D eigenvalue weighted by Crippen LogP contribution is -2.22. The van der Waals surface area contributed by atoms with Gasteiger partial charge in [-0.2, -0.15) is 0 Å². The Morgan fingerprint density at radius 3 is 2.59 bits per heavy atom. The van der Waals surface area contributed by atoms with Crippen molar-refractivity contribution in [2.75, 3.05) is 18.1 Å². The Morgan fingerprint density at radius 1 is 1.41 bits per heavy atom. The van der Waals surface area contributed by atoms with Crippen molar-refractivity contribution in [2.45, 2.75) is 31.3 Å². The second-order valence-corrected chi connectivity index (χ2v) is 6.24. The van der Waals surface area contributed by atoms with E-state index in [2.05, 4.69) is 0 Å². The maximum Gasteiger partial charge on any atom is 0.141 e. The van der Waals surface area contributed by atoms with Crippen LogP contribution in [0.2, 0.25) is 0 Å². The van der Waals surface area contributed by atoms with E-state index in [1.165, 1.54) is 12.1 Å². The fraction of sp³-hybridized carbons (Fsp3) is 0.500. The molecule has 1 atom stereocenters. The Kier molecular flexibility index (Phi) is 4.65. The van der Waals surface area contributed by atoms with E-state index in [0.29, 0.717) is 12.3 Å². The first-order chi connectivity index (χ1) is 7.79. The first-order valence-electron chi connectivity index (χ1n) is 5.37. The van der Waals surface area contributed by atoms with Gasteiger partial charge in [0, 0.05) is 5.69 Å². The number of benzene rings is 1. The van der Waals surface area contributed by atoms with E-state index < -0.39 is 16.6 Å². The van der Waals surface area contributed by atoms with Gasteiger partial charge >= 0.3 is 0 Å². The zero-order valence-electron chi connectivity index (χ0n) is 10.3. The van der Waals surface area contributed by atoms with Gasteiger partial charge in [0.05, 0.1) is 33.7 Å². The molecule has 17 heavy (non-hydrogen) atoms. The molecular weight excluding hydrogens is 241 g/mol. The van der Waals surface area contributed by atoms with Crippen molar-refractivity contribution in [1.82, 2.24) is 0 Å². The number of hydrogen-bond donors (Lipinski definition) is 1. The molecular formula is C12H18FNO2S. The minimum absolute atomic E-state index is 0.178. The SMILES string of the molecule is CC(C)(C)OCCS(=O)c1ccc(N)cc1F. The molecule has 0 saturated carbocycles. The maximum atomic E-state index is 13.4. The van der Waals surface area contributed by atoms with Crippen LogP contribution in [0.15, 0.2) is 23.1 Å². The minimum atomic E-state index is -1.39. The van der Waals surface area contributed by atoms with Crippen LogP contribution in [0, 0.1) is 5.82 Å². The monoisotopic (exact) mass is 259 g/mol. The summed E-state index contributed by atoms with van der Waals surface area (Å²) in [7, 11) is -1.39. The van der Waals surface area contributed by atoms with Crippen molar-refractivity contribution < 1.29 is 13.3 Å². The van der Waals surface area contributed by atoms with Crippen molar-refractivity contribution in [1.29, 1.82) is 0 Å². The Hall–Kier alpha value is -0.940. The Balaban J connectivity index is 2.59. The van der Waals surface area contributed by atoms with E-state index in [1.54, 1.807) is 6.07 Å². The first-order valence-corrected chi connectivity index (χ1v) is 6.69. The third-order valence-corrected chi connectivity index (χ3v) is 3.36. The minimum Gasteiger partial charge on any atom is -0.399 e. The highest BCUT2D eigenvalue weighted by molar-refractivity contribution is 7.85. The molecule has 1 rings (SSSR count). The summed E-state index contributed by atoms with van der Waals surface area (Å²) in [6.07, 6.45) is 0. The molecule has 0 amide bonds. The summed E-state index contributed by atoms with van der Waals surface area (Å²) in [5.74, 6) is -0.253. The van der Waals surface area contributed by atoms with Crippen LogP contribution >= 0.6 is 0 Å². The van der Waals surface area contributed by atoms with E-state index in [1.807, 2.05) is 20.8 Å². The molecule has 0 aromatic heterocycles. The fourth-order valence-corrected chi connectivity index (χ4v) is 2.19. The highest BCUT2D eigenvalue weighted by Gasteiger charge is 2.13. The predicted molar refractivity (Wildman–Crippen MR) is 67.8 cm³/mol. The lowest BCUT2D eigenvalue weighted by molar-refractivity contribution is 0.00668. The summed E-state index contributed by atoms with van der Waals surface area (Å²) in [5, 5.41) is 0. The van der Waals surface area contributed by atoms with E-state index in [0.717, 1.165) is 0 Å². The quantitative estimate of drug-likeness (QED) is 0.844. The molecule has 3 nitrogen and oxygen atoms in total. The number of halogens is 1. The van der Waals surface area contributed by atoms with Crippen LogP contribution in [-0.4, -0.2) is 22.2 Å². The van der Waals surface area contributed by atoms with Crippen LogP contribution in [0.25, 0.3) is 0 Å². The maximum absolute atomic E-state index is 13.4. The highest BCUT2D eigenvalue weighted by atomic mass is 32.2. The number of ether oxygens (including phenoxy) is 1. The molecule has 1 unspecified atom stereocenters. The van der Waals surface area contributed by atoms with Crippen LogP contribution < -0.4 is 5.73 Å². The summed E-state index contributed by atoms with van der Waals surface area (Å²) in [6.45, 7) is 6.08. The topological polar surface area (TPSA) is 52.3 Å². The van der Waals surface area contributed by atoms with Crippen molar-refractivity contribution in [3.05, 3.63) is 24.0 Å². The van der Waals surface area contributed by atoms with E-state index in [9.17, 15) is 8.60 Å². The summed E-state index contributed by atoms with van der Waals surface area (Å²) in [5.41, 5.74) is 5.48. The summed E-state index contributed by atoms with van der Waals surface area (Å²) in [6, 6.07) is 4.18. The molecule has 0 heterocycles. The predicted octanol–water partition coefficient (Wildman–Crippen LogP) is 2.33. The average molecular weight is 259 g/mol. The summed E-state index contributed by atoms with van der Waals surface area (Å²) < 4.78 is 30.7. The molecule has 0 radical (unpaired) electrons. The van der Waals surface area contributed by atoms with Gasteiger partial charge in [0.25, 0.3) is 0 Å². The number of hydrogen-bond acceptors (Lipinski definition) is 3. The Morgan fingerprint density at radius 2 is 2.06 bits per heavy atom. The van der Waals surface area contributed by atoms with Gasteiger partial charge in [0.2, 0.25) is 0 Å². The lowest BCUT2D eigenvalue weighted by atomic mass is 10.2. The van der Waals surface area contributed by atoms with Gasteiger partial charge in [-0.25, -0.2) is 4.39 Å². The van der Waals surface area contributed by atoms with Gasteiger partial charge < -0.3 is 10.5 Å². The van der Waals surface area contributed by atoms with Crippen molar-refractivity contribution in [3.8, 4) is 0 Å². The van der Waals surface area contributed by atoms with Gasteiger partial charge in [-0.15, -0.1) is 0 Å². The zero-order valence-corrected chi connectivity index (χ0v) is 11.1. The zero-order chi connectivity index (χ0) is 13.1. The second-order valence-electron chi connectivity index (χ2n) is 4.70. The van der Waals surface area contributed by atoms with E-state index in [4.69, 9.17) is 10.5 Å². The molecule has 0 spiro atoms. The molecule has 2 N–H and O–H groups in total. The molecule has 96 valence electrons. The van der Waals surface area contributed by atoms with Gasteiger partial charge in [0.15, 0.2) is 0 Å². The van der Waals surface area contributed by atoms with Crippen LogP contribution in [0.4, 0.5) is 10.1 Å². The third kappa shape index (κ3) is 4.83. The fourth-order valence-electron chi connectivity index (χ4n) is 1.24. The van der Waals surface area contributed by atoms with Crippen LogP contribution in [-0.2, 0) is 15.5 Å². The molecule has 5 heteroatoms. The smallest absolute Gasteiger partial charge is 0.141 e. The number of anilines is 1. The van der Waals surface area contributed by atoms with Crippen LogP contribution in [0.5, 0.6) is 0 Å². The molecule has 0 fully saturated rings. The van der Waals surface area contributed by atoms with Crippen molar-refractivity contribution >= 4 is 16.5 Å².